The molecule has 0 spiro atoms. The molecule has 4 nitrogen and oxygen atoms in total. The first-order chi connectivity index (χ1) is 10.5. The minimum atomic E-state index is 0.535. The van der Waals surface area contributed by atoms with Crippen LogP contribution in [0, 0.1) is 20.8 Å². The average Bonchev–Trinajstić information content (AvgIpc) is 2.75. The summed E-state index contributed by atoms with van der Waals surface area (Å²) in [4.78, 5) is 4.44. The molecule has 0 aliphatic heterocycles. The van der Waals surface area contributed by atoms with Crippen molar-refractivity contribution in [2.75, 3.05) is 12.3 Å². The lowest BCUT2D eigenvalue weighted by Crippen LogP contribution is -2.10. The predicted octanol–water partition coefficient (Wildman–Crippen LogP) is 3.62. The number of benzene rings is 2. The van der Waals surface area contributed by atoms with E-state index >= 15 is 0 Å². The molecule has 3 aromatic rings. The molecule has 0 amide bonds. The van der Waals surface area contributed by atoms with Gasteiger partial charge in [0, 0.05) is 0 Å². The van der Waals surface area contributed by atoms with E-state index in [1.54, 1.807) is 0 Å². The summed E-state index contributed by atoms with van der Waals surface area (Å²) in [5.41, 5.74) is 11.7. The highest BCUT2D eigenvalue weighted by molar-refractivity contribution is 5.80. The zero-order valence-corrected chi connectivity index (χ0v) is 13.3. The van der Waals surface area contributed by atoms with Gasteiger partial charge in [0.2, 0.25) is 5.95 Å². The van der Waals surface area contributed by atoms with Crippen molar-refractivity contribution in [3.05, 3.63) is 53.1 Å². The third kappa shape index (κ3) is 2.77. The summed E-state index contributed by atoms with van der Waals surface area (Å²) < 4.78 is 7.83. The zero-order valence-electron chi connectivity index (χ0n) is 13.3. The highest BCUT2D eigenvalue weighted by Gasteiger charge is 2.09. The summed E-state index contributed by atoms with van der Waals surface area (Å²) in [5, 5.41) is 0. The number of hydrogen-bond donors (Lipinski definition) is 1. The first-order valence-electron chi connectivity index (χ1n) is 7.47. The lowest BCUT2D eigenvalue weighted by Gasteiger charge is -2.10. The second-order valence-corrected chi connectivity index (χ2v) is 5.71. The van der Waals surface area contributed by atoms with Crippen LogP contribution in [0.5, 0.6) is 5.75 Å². The van der Waals surface area contributed by atoms with Gasteiger partial charge in [0.15, 0.2) is 0 Å². The molecular formula is C18H21N3O. The largest absolute Gasteiger partial charge is 0.492 e. The van der Waals surface area contributed by atoms with Crippen LogP contribution in [-0.2, 0) is 6.54 Å². The number of fused-ring (bicyclic) bond motifs is 1. The van der Waals surface area contributed by atoms with Crippen molar-refractivity contribution in [2.45, 2.75) is 27.3 Å². The van der Waals surface area contributed by atoms with Crippen LogP contribution in [0.1, 0.15) is 16.7 Å². The van der Waals surface area contributed by atoms with Crippen LogP contribution < -0.4 is 10.5 Å². The lowest BCUT2D eigenvalue weighted by molar-refractivity contribution is 0.301. The number of nitrogens with zero attached hydrogens (tertiary/aromatic N) is 2. The summed E-state index contributed by atoms with van der Waals surface area (Å²) in [6.07, 6.45) is 0. The molecule has 0 saturated heterocycles. The molecule has 1 aromatic heterocycles. The topological polar surface area (TPSA) is 53.1 Å². The SMILES string of the molecule is Cc1cccc(OCCn2c(N)nc3cc(C)c(C)cc32)c1. The Morgan fingerprint density at radius 1 is 1.09 bits per heavy atom. The van der Waals surface area contributed by atoms with Gasteiger partial charge in [0.25, 0.3) is 0 Å². The Labute approximate surface area is 130 Å². The maximum Gasteiger partial charge on any atom is 0.201 e. The van der Waals surface area contributed by atoms with Gasteiger partial charge >= 0.3 is 0 Å². The van der Waals surface area contributed by atoms with Crippen molar-refractivity contribution in [3.8, 4) is 5.75 Å². The van der Waals surface area contributed by atoms with E-state index in [1.807, 2.05) is 22.8 Å². The van der Waals surface area contributed by atoms with E-state index in [4.69, 9.17) is 10.5 Å². The van der Waals surface area contributed by atoms with Crippen LogP contribution >= 0.6 is 0 Å². The van der Waals surface area contributed by atoms with Gasteiger partial charge in [-0.2, -0.15) is 0 Å². The highest BCUT2D eigenvalue weighted by Crippen LogP contribution is 2.22. The van der Waals surface area contributed by atoms with E-state index in [9.17, 15) is 0 Å². The maximum atomic E-state index is 6.05. The quantitative estimate of drug-likeness (QED) is 0.799. The zero-order chi connectivity index (χ0) is 15.7. The number of aryl methyl sites for hydroxylation is 3. The predicted molar refractivity (Wildman–Crippen MR) is 90.3 cm³/mol. The minimum absolute atomic E-state index is 0.535. The Balaban J connectivity index is 1.79. The maximum absolute atomic E-state index is 6.05. The lowest BCUT2D eigenvalue weighted by atomic mass is 10.1. The van der Waals surface area contributed by atoms with Gasteiger partial charge < -0.3 is 15.0 Å². The molecule has 0 bridgehead atoms. The van der Waals surface area contributed by atoms with E-state index in [1.165, 1.54) is 16.7 Å². The van der Waals surface area contributed by atoms with E-state index in [2.05, 4.69) is 44.0 Å². The molecule has 0 aliphatic rings. The minimum Gasteiger partial charge on any atom is -0.492 e. The van der Waals surface area contributed by atoms with Crippen molar-refractivity contribution >= 4 is 17.0 Å². The molecular weight excluding hydrogens is 274 g/mol. The summed E-state index contributed by atoms with van der Waals surface area (Å²) in [6.45, 7) is 7.49. The molecule has 2 N–H and O–H groups in total. The number of hydrogen-bond acceptors (Lipinski definition) is 3. The molecule has 0 aliphatic carbocycles. The molecule has 3 rings (SSSR count). The van der Waals surface area contributed by atoms with E-state index in [-0.39, 0.29) is 0 Å². The van der Waals surface area contributed by atoms with Crippen LogP contribution in [0.3, 0.4) is 0 Å². The second-order valence-electron chi connectivity index (χ2n) is 5.71. The summed E-state index contributed by atoms with van der Waals surface area (Å²) in [7, 11) is 0. The molecule has 0 unspecified atom stereocenters. The van der Waals surface area contributed by atoms with Crippen LogP contribution in [0.25, 0.3) is 11.0 Å². The van der Waals surface area contributed by atoms with Gasteiger partial charge in [-0.15, -0.1) is 0 Å². The molecule has 22 heavy (non-hydrogen) atoms. The Bertz CT molecular complexity index is 821. The van der Waals surface area contributed by atoms with Gasteiger partial charge in [-0.3, -0.25) is 0 Å². The third-order valence-corrected chi connectivity index (χ3v) is 3.97. The van der Waals surface area contributed by atoms with Crippen LogP contribution in [0.2, 0.25) is 0 Å². The number of nitrogens with two attached hydrogens (primary N) is 1. The van der Waals surface area contributed by atoms with E-state index in [0.29, 0.717) is 19.1 Å². The van der Waals surface area contributed by atoms with Crippen molar-refractivity contribution < 1.29 is 4.74 Å². The van der Waals surface area contributed by atoms with E-state index in [0.717, 1.165) is 16.8 Å². The number of anilines is 1. The van der Waals surface area contributed by atoms with Crippen molar-refractivity contribution in [2.24, 2.45) is 0 Å². The highest BCUT2D eigenvalue weighted by atomic mass is 16.5. The summed E-state index contributed by atoms with van der Waals surface area (Å²) in [5.74, 6) is 1.42. The van der Waals surface area contributed by atoms with Gasteiger partial charge in [-0.05, 0) is 61.7 Å². The average molecular weight is 295 g/mol. The molecule has 0 atom stereocenters. The van der Waals surface area contributed by atoms with Crippen molar-refractivity contribution in [1.29, 1.82) is 0 Å². The van der Waals surface area contributed by atoms with Gasteiger partial charge in [-0.25, -0.2) is 4.98 Å². The standard InChI is InChI=1S/C18H21N3O/c1-12-5-4-6-15(9-12)22-8-7-21-17-11-14(3)13(2)10-16(17)20-18(21)19/h4-6,9-11H,7-8H2,1-3H3,(H2,19,20). The molecule has 1 heterocycles. The first-order valence-corrected chi connectivity index (χ1v) is 7.47. The fourth-order valence-corrected chi connectivity index (χ4v) is 2.59. The number of aromatic nitrogens is 2. The smallest absolute Gasteiger partial charge is 0.201 e. The fourth-order valence-electron chi connectivity index (χ4n) is 2.59. The van der Waals surface area contributed by atoms with Gasteiger partial charge in [0.05, 0.1) is 17.6 Å². The van der Waals surface area contributed by atoms with Crippen molar-refractivity contribution in [3.63, 3.8) is 0 Å². The summed E-state index contributed by atoms with van der Waals surface area (Å²) in [6, 6.07) is 12.3. The molecule has 4 heteroatoms. The Kier molecular flexibility index (Phi) is 3.75. The number of ether oxygens (including phenoxy) is 1. The molecule has 0 radical (unpaired) electrons. The van der Waals surface area contributed by atoms with Gasteiger partial charge in [0.1, 0.15) is 12.4 Å². The monoisotopic (exact) mass is 295 g/mol. The first kappa shape index (κ1) is 14.4. The fraction of sp³-hybridized carbons (Fsp3) is 0.278. The van der Waals surface area contributed by atoms with Crippen molar-refractivity contribution in [1.82, 2.24) is 9.55 Å². The molecule has 2 aromatic carbocycles. The number of rotatable bonds is 4. The third-order valence-electron chi connectivity index (χ3n) is 3.97. The Morgan fingerprint density at radius 3 is 2.64 bits per heavy atom. The molecule has 0 fully saturated rings. The van der Waals surface area contributed by atoms with E-state index < -0.39 is 0 Å². The Hall–Kier alpha value is -2.49. The molecule has 0 saturated carbocycles. The second kappa shape index (κ2) is 5.72. The molecule has 114 valence electrons. The summed E-state index contributed by atoms with van der Waals surface area (Å²) >= 11 is 0. The van der Waals surface area contributed by atoms with Crippen LogP contribution in [0.4, 0.5) is 5.95 Å². The number of nitrogen functional groups attached to an aromatic ring is 1. The Morgan fingerprint density at radius 2 is 1.86 bits per heavy atom. The van der Waals surface area contributed by atoms with Gasteiger partial charge in [-0.1, -0.05) is 12.1 Å². The number of imidazole rings is 1. The van der Waals surface area contributed by atoms with Crippen LogP contribution in [0.15, 0.2) is 36.4 Å². The normalized spacial score (nSPS) is 11.0. The van der Waals surface area contributed by atoms with Crippen LogP contribution in [-0.4, -0.2) is 16.2 Å².